The van der Waals surface area contributed by atoms with Crippen LogP contribution in [0, 0.1) is 6.92 Å². The van der Waals surface area contributed by atoms with Gasteiger partial charge in [-0.05, 0) is 42.8 Å². The van der Waals surface area contributed by atoms with Crippen molar-refractivity contribution in [3.63, 3.8) is 0 Å². The zero-order valence-corrected chi connectivity index (χ0v) is 15.7. The number of aromatic nitrogens is 1. The molecule has 4 rings (SSSR count). The van der Waals surface area contributed by atoms with E-state index in [0.29, 0.717) is 16.8 Å². The van der Waals surface area contributed by atoms with Crippen molar-refractivity contribution in [3.05, 3.63) is 53.3 Å². The molecule has 148 valence electrons. The molecule has 0 N–H and O–H groups in total. The number of carbonyl (C=O) groups excluding carboxylic acids is 1. The number of benzene rings is 1. The normalized spacial score (nSPS) is 19.6. The molecular formula is C18H17F2N3O4S. The molecule has 0 radical (unpaired) electrons. The summed E-state index contributed by atoms with van der Waals surface area (Å²) in [4.78, 5) is 18.4. The fraction of sp³-hybridized carbons (Fsp3) is 0.333. The molecule has 0 aliphatic carbocycles. The predicted molar refractivity (Wildman–Crippen MR) is 94.6 cm³/mol. The Bertz CT molecular complexity index is 1040. The summed E-state index contributed by atoms with van der Waals surface area (Å²) in [6, 6.07) is 6.67. The molecule has 10 heteroatoms. The second-order valence-electron chi connectivity index (χ2n) is 6.62. The zero-order valence-electron chi connectivity index (χ0n) is 14.9. The van der Waals surface area contributed by atoms with Crippen LogP contribution < -0.4 is 4.74 Å². The van der Waals surface area contributed by atoms with Gasteiger partial charge in [-0.15, -0.1) is 0 Å². The first kappa shape index (κ1) is 18.8. The molecule has 3 heterocycles. The quantitative estimate of drug-likeness (QED) is 0.774. The largest absolute Gasteiger partial charge is 0.435 e. The molecule has 0 saturated carbocycles. The van der Waals surface area contributed by atoms with Crippen molar-refractivity contribution in [1.29, 1.82) is 0 Å². The van der Waals surface area contributed by atoms with E-state index < -0.39 is 22.7 Å². The van der Waals surface area contributed by atoms with Crippen LogP contribution in [0.1, 0.15) is 27.7 Å². The molecule has 2 aliphatic rings. The monoisotopic (exact) mass is 409 g/mol. The standard InChI is InChI=1S/C18H17F2N3O4S/c1-11-9-12(27-18(19)20)4-5-15(11)28(25,26)22-7-8-23-14(10-22)16-13(17(23)24)3-2-6-21-16/h2-6,9,14,18H,7-8,10H2,1H3. The number of piperazine rings is 1. The van der Waals surface area contributed by atoms with E-state index in [0.717, 1.165) is 0 Å². The fourth-order valence-electron chi connectivity index (χ4n) is 3.70. The van der Waals surface area contributed by atoms with Crippen molar-refractivity contribution in [3.8, 4) is 5.75 Å². The van der Waals surface area contributed by atoms with Crippen molar-refractivity contribution >= 4 is 15.9 Å². The Morgan fingerprint density at radius 1 is 1.25 bits per heavy atom. The van der Waals surface area contributed by atoms with Gasteiger partial charge < -0.3 is 9.64 Å². The number of pyridine rings is 1. The van der Waals surface area contributed by atoms with E-state index in [9.17, 15) is 22.0 Å². The van der Waals surface area contributed by atoms with Crippen molar-refractivity contribution in [2.75, 3.05) is 19.6 Å². The second-order valence-corrected chi connectivity index (χ2v) is 8.53. The van der Waals surface area contributed by atoms with Gasteiger partial charge in [-0.2, -0.15) is 13.1 Å². The zero-order chi connectivity index (χ0) is 20.1. The number of hydrogen-bond acceptors (Lipinski definition) is 5. The lowest BCUT2D eigenvalue weighted by Gasteiger charge is -2.36. The van der Waals surface area contributed by atoms with Crippen molar-refractivity contribution in [2.45, 2.75) is 24.5 Å². The van der Waals surface area contributed by atoms with Crippen LogP contribution in [0.15, 0.2) is 41.4 Å². The molecule has 1 fully saturated rings. The third-order valence-electron chi connectivity index (χ3n) is 4.98. The van der Waals surface area contributed by atoms with Gasteiger partial charge in [-0.1, -0.05) is 0 Å². The van der Waals surface area contributed by atoms with Gasteiger partial charge in [0.25, 0.3) is 5.91 Å². The number of amides is 1. The van der Waals surface area contributed by atoms with Crippen molar-refractivity contribution in [1.82, 2.24) is 14.2 Å². The summed E-state index contributed by atoms with van der Waals surface area (Å²) in [5.74, 6) is -0.245. The maximum atomic E-state index is 13.1. The van der Waals surface area contributed by atoms with Crippen LogP contribution >= 0.6 is 0 Å². The maximum Gasteiger partial charge on any atom is 0.387 e. The van der Waals surface area contributed by atoms with E-state index in [1.807, 2.05) is 0 Å². The summed E-state index contributed by atoms with van der Waals surface area (Å²) in [7, 11) is -3.87. The molecule has 0 spiro atoms. The minimum Gasteiger partial charge on any atom is -0.435 e. The van der Waals surface area contributed by atoms with Crippen LogP contribution in [0.4, 0.5) is 8.78 Å². The number of hydrogen-bond donors (Lipinski definition) is 0. The summed E-state index contributed by atoms with van der Waals surface area (Å²) in [5, 5.41) is 0. The van der Waals surface area contributed by atoms with Crippen LogP contribution in [0.3, 0.4) is 0 Å². The Balaban J connectivity index is 1.62. The fourth-order valence-corrected chi connectivity index (χ4v) is 5.34. The van der Waals surface area contributed by atoms with Gasteiger partial charge in [0, 0.05) is 25.8 Å². The van der Waals surface area contributed by atoms with Crippen LogP contribution in [0.2, 0.25) is 0 Å². The number of ether oxygens (including phenoxy) is 1. The van der Waals surface area contributed by atoms with Gasteiger partial charge in [0.15, 0.2) is 0 Å². The number of alkyl halides is 2. The number of sulfonamides is 1. The molecule has 1 unspecified atom stereocenters. The van der Waals surface area contributed by atoms with Gasteiger partial charge in [-0.25, -0.2) is 8.42 Å². The Labute approximate surface area is 160 Å². The molecule has 2 aromatic rings. The van der Waals surface area contributed by atoms with E-state index in [1.54, 1.807) is 23.2 Å². The Kier molecular flexibility index (Phi) is 4.54. The van der Waals surface area contributed by atoms with Gasteiger partial charge in [0.2, 0.25) is 10.0 Å². The van der Waals surface area contributed by atoms with Crippen LogP contribution in [-0.2, 0) is 10.0 Å². The minimum atomic E-state index is -3.87. The number of halogens is 2. The molecule has 28 heavy (non-hydrogen) atoms. The third-order valence-corrected chi connectivity index (χ3v) is 7.00. The summed E-state index contributed by atoms with van der Waals surface area (Å²) < 4.78 is 56.6. The lowest BCUT2D eigenvalue weighted by Crippen LogP contribution is -2.49. The second kappa shape index (κ2) is 6.78. The molecule has 1 saturated heterocycles. The molecule has 2 aliphatic heterocycles. The first-order chi connectivity index (χ1) is 13.3. The topological polar surface area (TPSA) is 79.8 Å². The molecule has 1 aromatic carbocycles. The SMILES string of the molecule is Cc1cc(OC(F)F)ccc1S(=O)(=O)N1CCN2C(=O)c3cccnc3C2C1. The highest BCUT2D eigenvalue weighted by Crippen LogP contribution is 2.36. The first-order valence-electron chi connectivity index (χ1n) is 8.60. The van der Waals surface area contributed by atoms with E-state index in [-0.39, 0.29) is 36.2 Å². The Hall–Kier alpha value is -2.59. The summed E-state index contributed by atoms with van der Waals surface area (Å²) in [6.45, 7) is -0.968. The Morgan fingerprint density at radius 2 is 2.04 bits per heavy atom. The van der Waals surface area contributed by atoms with E-state index in [4.69, 9.17) is 0 Å². The maximum absolute atomic E-state index is 13.1. The number of fused-ring (bicyclic) bond motifs is 3. The van der Waals surface area contributed by atoms with Crippen molar-refractivity contribution < 1.29 is 26.7 Å². The highest BCUT2D eigenvalue weighted by atomic mass is 32.2. The van der Waals surface area contributed by atoms with Crippen LogP contribution in [0.25, 0.3) is 0 Å². The summed E-state index contributed by atoms with van der Waals surface area (Å²) in [6.07, 6.45) is 1.58. The predicted octanol–water partition coefficient (Wildman–Crippen LogP) is 2.19. The lowest BCUT2D eigenvalue weighted by molar-refractivity contribution is -0.0499. The summed E-state index contributed by atoms with van der Waals surface area (Å²) >= 11 is 0. The molecule has 0 bridgehead atoms. The highest BCUT2D eigenvalue weighted by Gasteiger charge is 2.44. The van der Waals surface area contributed by atoms with Gasteiger partial charge in [0.05, 0.1) is 22.2 Å². The van der Waals surface area contributed by atoms with Crippen LogP contribution in [-0.4, -0.2) is 54.8 Å². The van der Waals surface area contributed by atoms with Crippen LogP contribution in [0.5, 0.6) is 5.75 Å². The first-order valence-corrected chi connectivity index (χ1v) is 10.0. The Morgan fingerprint density at radius 3 is 2.75 bits per heavy atom. The lowest BCUT2D eigenvalue weighted by atomic mass is 10.1. The average molecular weight is 409 g/mol. The molecule has 7 nitrogen and oxygen atoms in total. The molecular weight excluding hydrogens is 392 g/mol. The number of rotatable bonds is 4. The third kappa shape index (κ3) is 3.02. The molecule has 1 amide bonds. The van der Waals surface area contributed by atoms with Gasteiger partial charge in [0.1, 0.15) is 5.75 Å². The number of aryl methyl sites for hydroxylation is 1. The minimum absolute atomic E-state index is 0.0214. The van der Waals surface area contributed by atoms with Crippen molar-refractivity contribution in [2.24, 2.45) is 0 Å². The number of carbonyl (C=O) groups is 1. The van der Waals surface area contributed by atoms with Gasteiger partial charge >= 0.3 is 6.61 Å². The van der Waals surface area contributed by atoms with E-state index >= 15 is 0 Å². The number of nitrogens with zero attached hydrogens (tertiary/aromatic N) is 3. The average Bonchev–Trinajstić information content (AvgIpc) is 2.94. The molecule has 1 aromatic heterocycles. The van der Waals surface area contributed by atoms with Gasteiger partial charge in [-0.3, -0.25) is 9.78 Å². The summed E-state index contributed by atoms with van der Waals surface area (Å²) in [5.41, 5.74) is 1.38. The van der Waals surface area contributed by atoms with E-state index in [1.165, 1.54) is 29.4 Å². The van der Waals surface area contributed by atoms with E-state index in [2.05, 4.69) is 9.72 Å². The molecule has 1 atom stereocenters. The smallest absolute Gasteiger partial charge is 0.387 e. The highest BCUT2D eigenvalue weighted by molar-refractivity contribution is 7.89.